The first-order valence-corrected chi connectivity index (χ1v) is 29.5. The van der Waals surface area contributed by atoms with Gasteiger partial charge in [0.05, 0.1) is 19.6 Å². The van der Waals surface area contributed by atoms with E-state index in [0.717, 1.165) is 57.8 Å². The van der Waals surface area contributed by atoms with Crippen molar-refractivity contribution in [1.29, 1.82) is 0 Å². The fraction of sp³-hybridized carbons (Fsp3) is 0.800. The highest BCUT2D eigenvalue weighted by atomic mass is 16.6. The number of carbonyl (C=O) groups is 6. The molecule has 15 heteroatoms. The Bertz CT molecular complexity index is 2030. The standard InChI is InChI=1S/C60H81N3O12/c1-31-4-7-43-46(28-61-55(67)58-19-34-10-35(20-58)12-36(11-34)21-58)74-53(65)50-33(3)6-9-45(72-50)48(30-63-57(69)60-25-40-16-41(26-60)18-42(17-40)27-60)75-54(66)51-32(2)5-8-44(71-51)47(73-52(64)49(31)70-43)29-62-56(68)59-22-37-13-38(23-59)15-39(14-37)24-59/h4-9,31-51H,10-30H2,1-3H3,(H,61,67)(H,62,68)(H,63,69)/t31-,32-,33-,34?,35?,36?,37?,38?,39?,40?,41?,42?,43-,44-,45-,46+,47+,48+,49+,50+,51+,58?,59?,60?/m0/s1. The zero-order valence-corrected chi connectivity index (χ0v) is 44.3. The van der Waals surface area contributed by atoms with Gasteiger partial charge in [-0.15, -0.1) is 0 Å². The molecule has 12 aliphatic carbocycles. The molecule has 13 fully saturated rings. The van der Waals surface area contributed by atoms with Gasteiger partial charge in [-0.2, -0.15) is 0 Å². The summed E-state index contributed by atoms with van der Waals surface area (Å²) in [4.78, 5) is 87.6. The minimum Gasteiger partial charge on any atom is -0.455 e. The quantitative estimate of drug-likeness (QED) is 0.127. The lowest BCUT2D eigenvalue weighted by molar-refractivity contribution is -0.199. The highest BCUT2D eigenvalue weighted by molar-refractivity contribution is 5.85. The maximum Gasteiger partial charge on any atom is 0.336 e. The molecule has 3 amide bonds. The van der Waals surface area contributed by atoms with Gasteiger partial charge in [0.2, 0.25) is 17.7 Å². The number of ether oxygens (including phenoxy) is 6. The fourth-order valence-electron chi connectivity index (χ4n) is 19.3. The summed E-state index contributed by atoms with van der Waals surface area (Å²) < 4.78 is 39.3. The van der Waals surface area contributed by atoms with Crippen LogP contribution in [0, 0.1) is 87.3 Å². The van der Waals surface area contributed by atoms with Gasteiger partial charge in [-0.25, -0.2) is 14.4 Å². The van der Waals surface area contributed by atoms with Crippen molar-refractivity contribution < 1.29 is 57.2 Å². The van der Waals surface area contributed by atoms with Crippen LogP contribution in [0.15, 0.2) is 36.5 Å². The first-order chi connectivity index (χ1) is 36.1. The van der Waals surface area contributed by atoms with E-state index in [1.54, 1.807) is 18.2 Å². The normalized spacial score (nSPS) is 49.8. The van der Waals surface area contributed by atoms with Crippen molar-refractivity contribution in [3.63, 3.8) is 0 Å². The molecule has 3 N–H and O–H groups in total. The number of amides is 3. The third kappa shape index (κ3) is 9.43. The van der Waals surface area contributed by atoms with Crippen molar-refractivity contribution in [2.45, 2.75) is 191 Å². The summed E-state index contributed by atoms with van der Waals surface area (Å²) in [7, 11) is 0. The Hall–Kier alpha value is -4.08. The second-order valence-electron chi connectivity index (χ2n) is 27.4. The Morgan fingerprint density at radius 3 is 0.813 bits per heavy atom. The molecule has 0 radical (unpaired) electrons. The molecule has 0 spiro atoms. The largest absolute Gasteiger partial charge is 0.455 e. The third-order valence-corrected chi connectivity index (χ3v) is 21.7. The zero-order chi connectivity index (χ0) is 51.5. The minimum absolute atomic E-state index is 0.0293. The molecule has 0 unspecified atom stereocenters. The second-order valence-corrected chi connectivity index (χ2v) is 27.4. The molecule has 1 saturated heterocycles. The van der Waals surface area contributed by atoms with E-state index in [9.17, 15) is 28.8 Å². The third-order valence-electron chi connectivity index (χ3n) is 21.7. The molecule has 4 heterocycles. The van der Waals surface area contributed by atoms with Crippen molar-refractivity contribution in [3.8, 4) is 0 Å². The van der Waals surface area contributed by atoms with Gasteiger partial charge in [-0.05, 0) is 169 Å². The van der Waals surface area contributed by atoms with Crippen LogP contribution in [0.1, 0.15) is 136 Å². The van der Waals surface area contributed by atoms with Crippen molar-refractivity contribution in [1.82, 2.24) is 16.0 Å². The number of hydrogen-bond donors (Lipinski definition) is 3. The lowest BCUT2D eigenvalue weighted by Gasteiger charge is -2.55. The minimum atomic E-state index is -1.15. The summed E-state index contributed by atoms with van der Waals surface area (Å²) in [5.41, 5.74) is -1.37. The van der Waals surface area contributed by atoms with Crippen LogP contribution in [0.4, 0.5) is 0 Å². The van der Waals surface area contributed by atoms with E-state index in [4.69, 9.17) is 28.4 Å². The van der Waals surface area contributed by atoms with Crippen molar-refractivity contribution >= 4 is 35.6 Å². The van der Waals surface area contributed by atoms with Gasteiger partial charge < -0.3 is 44.4 Å². The molecule has 408 valence electrons. The molecule has 18 bridgehead atoms. The molecule has 4 aliphatic heterocycles. The smallest absolute Gasteiger partial charge is 0.336 e. The Balaban J connectivity index is 0.797. The SMILES string of the molecule is C[C@H]1C=C[C@@H]2O[C@H]1C(=O)O[C@H](CNC(=O)C13CC4CC(CC(C4)C1)C3)[C@@H]1C=C[C@H](C)[C@@H](O1)C(=O)O[C@H](CNC(=O)C13CC4CC(CC(C4)C1)C3)[C@@H]1C=C[C@H](C)[C@@H](O1)C(=O)O[C@@H]2CNC(=O)C12CC3CC(CC(C3)C1)C2. The summed E-state index contributed by atoms with van der Waals surface area (Å²) in [5.74, 6) is 1.37. The average molecular weight is 1040 g/mol. The van der Waals surface area contributed by atoms with Gasteiger partial charge in [0.15, 0.2) is 18.3 Å². The van der Waals surface area contributed by atoms with Gasteiger partial charge in [0.25, 0.3) is 0 Å². The Labute approximate surface area is 441 Å². The molecule has 16 rings (SSSR count). The first kappa shape index (κ1) is 50.4. The highest BCUT2D eigenvalue weighted by Gasteiger charge is 2.58. The van der Waals surface area contributed by atoms with Crippen LogP contribution in [-0.2, 0) is 57.2 Å². The van der Waals surface area contributed by atoms with E-state index in [0.29, 0.717) is 53.3 Å². The molecule has 0 aromatic heterocycles. The average Bonchev–Trinajstić information content (AvgIpc) is 3.37. The van der Waals surface area contributed by atoms with E-state index < -0.39 is 107 Å². The number of esters is 3. The van der Waals surface area contributed by atoms with Gasteiger partial charge in [0.1, 0.15) is 36.6 Å². The second kappa shape index (κ2) is 19.4. The predicted octanol–water partition coefficient (Wildman–Crippen LogP) is 6.61. The van der Waals surface area contributed by atoms with E-state index in [1.165, 1.54) is 57.8 Å². The van der Waals surface area contributed by atoms with Gasteiger partial charge in [-0.1, -0.05) is 57.2 Å². The molecule has 12 saturated carbocycles. The van der Waals surface area contributed by atoms with Crippen LogP contribution in [0.5, 0.6) is 0 Å². The lowest BCUT2D eigenvalue weighted by Crippen LogP contribution is -2.57. The molecule has 16 aliphatic rings. The zero-order valence-electron chi connectivity index (χ0n) is 44.3. The molecular weight excluding hydrogens is 955 g/mol. The van der Waals surface area contributed by atoms with Crippen LogP contribution in [0.3, 0.4) is 0 Å². The van der Waals surface area contributed by atoms with Crippen LogP contribution in [-0.4, -0.2) is 110 Å². The number of rotatable bonds is 9. The van der Waals surface area contributed by atoms with E-state index in [1.807, 2.05) is 39.0 Å². The van der Waals surface area contributed by atoms with Crippen LogP contribution >= 0.6 is 0 Å². The summed E-state index contributed by atoms with van der Waals surface area (Å²) >= 11 is 0. The van der Waals surface area contributed by atoms with Gasteiger partial charge in [0, 0.05) is 34.0 Å². The summed E-state index contributed by atoms with van der Waals surface area (Å²) in [6.07, 6.45) is 19.8. The van der Waals surface area contributed by atoms with Crippen LogP contribution < -0.4 is 16.0 Å². The fourth-order valence-corrected chi connectivity index (χ4v) is 19.3. The molecule has 0 aromatic carbocycles. The number of nitrogens with one attached hydrogen (secondary N) is 3. The van der Waals surface area contributed by atoms with Crippen LogP contribution in [0.25, 0.3) is 0 Å². The van der Waals surface area contributed by atoms with Crippen molar-refractivity contribution in [2.24, 2.45) is 87.3 Å². The monoisotopic (exact) mass is 1040 g/mol. The Kier molecular flexibility index (Phi) is 13.0. The number of fused-ring (bicyclic) bond motifs is 6. The van der Waals surface area contributed by atoms with Crippen LogP contribution in [0.2, 0.25) is 0 Å². The molecule has 75 heavy (non-hydrogen) atoms. The maximum absolute atomic E-state index is 14.7. The summed E-state index contributed by atoms with van der Waals surface area (Å²) in [5, 5.41) is 9.67. The number of carbonyl (C=O) groups excluding carboxylic acids is 6. The van der Waals surface area contributed by atoms with E-state index >= 15 is 0 Å². The Morgan fingerprint density at radius 1 is 0.387 bits per heavy atom. The highest BCUT2D eigenvalue weighted by Crippen LogP contribution is 2.62. The van der Waals surface area contributed by atoms with Gasteiger partial charge >= 0.3 is 17.9 Å². The first-order valence-electron chi connectivity index (χ1n) is 29.5. The summed E-state index contributed by atoms with van der Waals surface area (Å²) in [6.45, 7) is 5.36. The molecular formula is C60H81N3O12. The number of cyclic esters (lactones) is 3. The molecule has 12 atom stereocenters. The topological polar surface area (TPSA) is 194 Å². The summed E-state index contributed by atoms with van der Waals surface area (Å²) in [6, 6.07) is 0. The van der Waals surface area contributed by atoms with E-state index in [-0.39, 0.29) is 37.4 Å². The van der Waals surface area contributed by atoms with Gasteiger partial charge in [-0.3, -0.25) is 14.4 Å². The van der Waals surface area contributed by atoms with Crippen molar-refractivity contribution in [2.75, 3.05) is 19.6 Å². The van der Waals surface area contributed by atoms with E-state index in [2.05, 4.69) is 16.0 Å². The Morgan fingerprint density at radius 2 is 0.600 bits per heavy atom. The lowest BCUT2D eigenvalue weighted by atomic mass is 9.49. The predicted molar refractivity (Wildman–Crippen MR) is 271 cm³/mol. The maximum atomic E-state index is 14.7. The number of hydrogen-bond acceptors (Lipinski definition) is 12. The molecule has 0 aromatic rings. The van der Waals surface area contributed by atoms with Crippen molar-refractivity contribution in [3.05, 3.63) is 36.5 Å². The molecule has 15 nitrogen and oxygen atoms in total.